The van der Waals surface area contributed by atoms with Crippen LogP contribution in [0, 0.1) is 12.7 Å². The molecule has 0 saturated heterocycles. The van der Waals surface area contributed by atoms with Crippen LogP contribution in [0.15, 0.2) is 33.3 Å². The summed E-state index contributed by atoms with van der Waals surface area (Å²) in [5, 5.41) is 7.86. The number of nitrogens with zero attached hydrogens (tertiary/aromatic N) is 4. The topological polar surface area (TPSA) is 77.8 Å². The number of aryl methyl sites for hydroxylation is 1. The van der Waals surface area contributed by atoms with Gasteiger partial charge >= 0.3 is 0 Å². The molecule has 0 spiro atoms. The van der Waals surface area contributed by atoms with Crippen LogP contribution in [0.25, 0.3) is 0 Å². The highest BCUT2D eigenvalue weighted by Gasteiger charge is 2.45. The molecule has 0 amide bonds. The molecule has 4 rings (SSSR count). The molecule has 6 nitrogen and oxygen atoms in total. The number of rotatable bonds is 4. The maximum Gasteiger partial charge on any atom is 0.237 e. The standard InChI is InChI=1S/C16H15FN4O2/c1-10-18-13(20-22-10)9-14-19-15(23-21-14)16(7-2-8-16)11-3-5-12(17)6-4-11/h3-6H,2,7-9H2,1H3. The summed E-state index contributed by atoms with van der Waals surface area (Å²) in [5.41, 5.74) is 0.710. The van der Waals surface area contributed by atoms with E-state index in [1.54, 1.807) is 19.1 Å². The molecular weight excluding hydrogens is 299 g/mol. The molecule has 0 atom stereocenters. The molecule has 0 aliphatic heterocycles. The zero-order valence-electron chi connectivity index (χ0n) is 12.6. The number of halogens is 1. The molecule has 2 aromatic heterocycles. The smallest absolute Gasteiger partial charge is 0.237 e. The van der Waals surface area contributed by atoms with Crippen molar-refractivity contribution in [2.75, 3.05) is 0 Å². The first-order chi connectivity index (χ1) is 11.2. The number of benzene rings is 1. The van der Waals surface area contributed by atoms with E-state index in [0.29, 0.717) is 29.9 Å². The summed E-state index contributed by atoms with van der Waals surface area (Å²) in [4.78, 5) is 8.65. The highest BCUT2D eigenvalue weighted by Crippen LogP contribution is 2.48. The van der Waals surface area contributed by atoms with Crippen molar-refractivity contribution in [3.05, 3.63) is 59.1 Å². The minimum atomic E-state index is -0.299. The van der Waals surface area contributed by atoms with E-state index in [0.717, 1.165) is 24.8 Å². The lowest BCUT2D eigenvalue weighted by atomic mass is 9.64. The minimum Gasteiger partial charge on any atom is -0.340 e. The third kappa shape index (κ3) is 2.42. The van der Waals surface area contributed by atoms with Crippen LogP contribution in [-0.4, -0.2) is 20.3 Å². The van der Waals surface area contributed by atoms with E-state index in [1.165, 1.54) is 12.1 Å². The summed E-state index contributed by atoms with van der Waals surface area (Å²) >= 11 is 0. The Morgan fingerprint density at radius 3 is 2.35 bits per heavy atom. The summed E-state index contributed by atoms with van der Waals surface area (Å²) < 4.78 is 23.6. The Balaban J connectivity index is 1.62. The average molecular weight is 314 g/mol. The van der Waals surface area contributed by atoms with Crippen LogP contribution in [0.3, 0.4) is 0 Å². The van der Waals surface area contributed by atoms with Crippen molar-refractivity contribution in [1.82, 2.24) is 20.3 Å². The van der Waals surface area contributed by atoms with Gasteiger partial charge in [-0.15, -0.1) is 0 Å². The van der Waals surface area contributed by atoms with Gasteiger partial charge in [0.05, 0.1) is 11.8 Å². The second kappa shape index (κ2) is 5.26. The molecule has 1 aliphatic rings. The summed E-state index contributed by atoms with van der Waals surface area (Å²) in [5.74, 6) is 1.88. The fraction of sp³-hybridized carbons (Fsp3) is 0.375. The van der Waals surface area contributed by atoms with Crippen molar-refractivity contribution >= 4 is 0 Å². The normalized spacial score (nSPS) is 16.3. The van der Waals surface area contributed by atoms with E-state index in [9.17, 15) is 4.39 Å². The molecular formula is C16H15FN4O2. The molecule has 1 aromatic carbocycles. The summed E-state index contributed by atoms with van der Waals surface area (Å²) in [6, 6.07) is 6.52. The molecule has 0 bridgehead atoms. The Morgan fingerprint density at radius 2 is 1.74 bits per heavy atom. The van der Waals surface area contributed by atoms with Crippen LogP contribution in [0.1, 0.15) is 48.3 Å². The predicted octanol–water partition coefficient (Wildman–Crippen LogP) is 2.96. The first-order valence-electron chi connectivity index (χ1n) is 7.54. The molecule has 2 heterocycles. The SMILES string of the molecule is Cc1nc(Cc2noc(C3(c4ccc(F)cc4)CCC3)n2)no1. The van der Waals surface area contributed by atoms with Crippen molar-refractivity contribution in [2.24, 2.45) is 0 Å². The molecule has 1 fully saturated rings. The van der Waals surface area contributed by atoms with Crippen LogP contribution in [-0.2, 0) is 11.8 Å². The molecule has 3 aromatic rings. The van der Waals surface area contributed by atoms with Gasteiger partial charge in [-0.1, -0.05) is 28.9 Å². The Kier molecular flexibility index (Phi) is 3.21. The van der Waals surface area contributed by atoms with E-state index < -0.39 is 0 Å². The molecule has 7 heteroatoms. The van der Waals surface area contributed by atoms with Crippen LogP contribution in [0.4, 0.5) is 4.39 Å². The van der Waals surface area contributed by atoms with Gasteiger partial charge in [0.2, 0.25) is 11.8 Å². The van der Waals surface area contributed by atoms with E-state index in [1.807, 2.05) is 0 Å². The van der Waals surface area contributed by atoms with Gasteiger partial charge in [-0.3, -0.25) is 0 Å². The lowest BCUT2D eigenvalue weighted by molar-refractivity contribution is 0.216. The van der Waals surface area contributed by atoms with Crippen molar-refractivity contribution in [2.45, 2.75) is 38.0 Å². The lowest BCUT2D eigenvalue weighted by Crippen LogP contribution is -2.35. The monoisotopic (exact) mass is 314 g/mol. The molecule has 1 saturated carbocycles. The minimum absolute atomic E-state index is 0.248. The van der Waals surface area contributed by atoms with Crippen molar-refractivity contribution in [3.63, 3.8) is 0 Å². The second-order valence-corrected chi connectivity index (χ2v) is 5.86. The molecule has 118 valence electrons. The Labute approximate surface area is 131 Å². The van der Waals surface area contributed by atoms with Crippen molar-refractivity contribution in [3.8, 4) is 0 Å². The Hall–Kier alpha value is -2.57. The van der Waals surface area contributed by atoms with Crippen LogP contribution in [0.5, 0.6) is 0 Å². The molecule has 1 aliphatic carbocycles. The Morgan fingerprint density at radius 1 is 1.04 bits per heavy atom. The van der Waals surface area contributed by atoms with Gasteiger partial charge in [0.15, 0.2) is 11.6 Å². The van der Waals surface area contributed by atoms with Gasteiger partial charge in [0.1, 0.15) is 5.82 Å². The summed E-state index contributed by atoms with van der Waals surface area (Å²) in [6.45, 7) is 1.73. The van der Waals surface area contributed by atoms with Gasteiger partial charge in [0.25, 0.3) is 0 Å². The largest absolute Gasteiger partial charge is 0.340 e. The first kappa shape index (κ1) is 14.0. The maximum atomic E-state index is 13.2. The van der Waals surface area contributed by atoms with Crippen molar-refractivity contribution in [1.29, 1.82) is 0 Å². The quantitative estimate of drug-likeness (QED) is 0.736. The molecule has 0 radical (unpaired) electrons. The third-order valence-corrected chi connectivity index (χ3v) is 4.37. The second-order valence-electron chi connectivity index (χ2n) is 5.86. The zero-order valence-corrected chi connectivity index (χ0v) is 12.6. The number of aromatic nitrogens is 4. The zero-order chi connectivity index (χ0) is 15.9. The van der Waals surface area contributed by atoms with E-state index in [2.05, 4.69) is 20.3 Å². The predicted molar refractivity (Wildman–Crippen MR) is 77.2 cm³/mol. The van der Waals surface area contributed by atoms with E-state index >= 15 is 0 Å². The highest BCUT2D eigenvalue weighted by atomic mass is 19.1. The average Bonchev–Trinajstić information content (AvgIpc) is 3.10. The number of hydrogen-bond donors (Lipinski definition) is 0. The van der Waals surface area contributed by atoms with Gasteiger partial charge in [-0.05, 0) is 30.5 Å². The molecule has 0 unspecified atom stereocenters. The third-order valence-electron chi connectivity index (χ3n) is 4.37. The van der Waals surface area contributed by atoms with Gasteiger partial charge in [-0.25, -0.2) is 4.39 Å². The summed E-state index contributed by atoms with van der Waals surface area (Å²) in [6.07, 6.45) is 3.28. The lowest BCUT2D eigenvalue weighted by Gasteiger charge is -2.38. The van der Waals surface area contributed by atoms with Crippen LogP contribution < -0.4 is 0 Å². The van der Waals surface area contributed by atoms with E-state index in [-0.39, 0.29) is 11.2 Å². The molecule has 0 N–H and O–H groups in total. The fourth-order valence-corrected chi connectivity index (χ4v) is 3.00. The Bertz CT molecular complexity index is 821. The summed E-state index contributed by atoms with van der Waals surface area (Å²) in [7, 11) is 0. The van der Waals surface area contributed by atoms with Crippen LogP contribution in [0.2, 0.25) is 0 Å². The molecule has 23 heavy (non-hydrogen) atoms. The van der Waals surface area contributed by atoms with Crippen molar-refractivity contribution < 1.29 is 13.4 Å². The maximum absolute atomic E-state index is 13.2. The van der Waals surface area contributed by atoms with Crippen LogP contribution >= 0.6 is 0 Å². The van der Waals surface area contributed by atoms with Gasteiger partial charge in [0, 0.05) is 6.92 Å². The van der Waals surface area contributed by atoms with Gasteiger partial charge in [-0.2, -0.15) is 9.97 Å². The number of hydrogen-bond acceptors (Lipinski definition) is 6. The van der Waals surface area contributed by atoms with E-state index in [4.69, 9.17) is 9.05 Å². The fourth-order valence-electron chi connectivity index (χ4n) is 3.00. The van der Waals surface area contributed by atoms with Gasteiger partial charge < -0.3 is 9.05 Å². The first-order valence-corrected chi connectivity index (χ1v) is 7.54. The highest BCUT2D eigenvalue weighted by molar-refractivity contribution is 5.35.